The van der Waals surface area contributed by atoms with Crippen molar-refractivity contribution in [3.8, 4) is 0 Å². The molecule has 0 N–H and O–H groups in total. The summed E-state index contributed by atoms with van der Waals surface area (Å²) < 4.78 is 3.21. The van der Waals surface area contributed by atoms with Gasteiger partial charge in [-0.1, -0.05) is 92.8 Å². The van der Waals surface area contributed by atoms with Crippen LogP contribution >= 0.6 is 11.8 Å². The Hall–Kier alpha value is -2.27. The molecule has 1 heterocycles. The summed E-state index contributed by atoms with van der Waals surface area (Å²) in [6, 6.07) is 10.00. The van der Waals surface area contributed by atoms with Gasteiger partial charge in [0.05, 0.1) is 5.03 Å². The van der Waals surface area contributed by atoms with Gasteiger partial charge in [0.15, 0.2) is 0 Å². The first kappa shape index (κ1) is 24.8. The first-order valence-corrected chi connectivity index (χ1v) is 13.9. The second-order valence-corrected chi connectivity index (χ2v) is 10.9. The molecule has 2 aromatic rings. The number of benzene rings is 1. The summed E-state index contributed by atoms with van der Waals surface area (Å²) in [4.78, 5) is 27.8. The van der Waals surface area contributed by atoms with Gasteiger partial charge in [-0.3, -0.25) is 13.9 Å². The fraction of sp³-hybridized carbons (Fsp3) is 0.517. The van der Waals surface area contributed by atoms with E-state index in [1.807, 2.05) is 43.3 Å². The predicted octanol–water partition coefficient (Wildman–Crippen LogP) is 6.74. The van der Waals surface area contributed by atoms with Crippen molar-refractivity contribution in [3.05, 3.63) is 81.0 Å². The van der Waals surface area contributed by atoms with Crippen molar-refractivity contribution in [3.63, 3.8) is 0 Å². The minimum Gasteiger partial charge on any atom is -0.283 e. The number of allylic oxidation sites excluding steroid dienone is 4. The number of hydrogen-bond donors (Lipinski definition) is 0. The zero-order valence-corrected chi connectivity index (χ0v) is 21.3. The molecule has 0 bridgehead atoms. The molecule has 0 aliphatic heterocycles. The van der Waals surface area contributed by atoms with E-state index < -0.39 is 0 Å². The summed E-state index contributed by atoms with van der Waals surface area (Å²) >= 11 is 1.51. The monoisotopic (exact) mass is 478 g/mol. The number of rotatable bonds is 8. The lowest BCUT2D eigenvalue weighted by Crippen LogP contribution is -2.41. The topological polar surface area (TPSA) is 44.0 Å². The zero-order valence-electron chi connectivity index (χ0n) is 20.5. The highest BCUT2D eigenvalue weighted by Gasteiger charge is 2.17. The van der Waals surface area contributed by atoms with Crippen LogP contribution in [0.4, 0.5) is 0 Å². The Labute approximate surface area is 207 Å². The predicted molar refractivity (Wildman–Crippen MR) is 142 cm³/mol. The van der Waals surface area contributed by atoms with E-state index in [-0.39, 0.29) is 11.2 Å². The SMILES string of the molecule is Cc1c(Sc2ccccc2)n(C/C=C/C2CCCCC2)c(=O)n(C/C=C/C2CCCCC2)c1=O. The molecule has 2 fully saturated rings. The molecule has 1 aromatic carbocycles. The van der Waals surface area contributed by atoms with Crippen LogP contribution < -0.4 is 11.2 Å². The van der Waals surface area contributed by atoms with Gasteiger partial charge in [0.1, 0.15) is 0 Å². The molecule has 2 aliphatic carbocycles. The van der Waals surface area contributed by atoms with E-state index in [1.54, 1.807) is 4.57 Å². The highest BCUT2D eigenvalue weighted by molar-refractivity contribution is 7.99. The Morgan fingerprint density at radius 2 is 1.32 bits per heavy atom. The molecule has 0 atom stereocenters. The Kier molecular flexibility index (Phi) is 9.09. The van der Waals surface area contributed by atoms with Gasteiger partial charge >= 0.3 is 5.69 Å². The fourth-order valence-corrected chi connectivity index (χ4v) is 6.26. The average molecular weight is 479 g/mol. The maximum Gasteiger partial charge on any atom is 0.332 e. The van der Waals surface area contributed by atoms with E-state index in [0.717, 1.165) is 9.92 Å². The van der Waals surface area contributed by atoms with Crippen LogP contribution in [-0.2, 0) is 13.1 Å². The van der Waals surface area contributed by atoms with E-state index in [2.05, 4.69) is 18.2 Å². The summed E-state index contributed by atoms with van der Waals surface area (Å²) in [5.74, 6) is 1.19. The molecule has 34 heavy (non-hydrogen) atoms. The standard InChI is InChI=1S/C29H38N2O2S/c1-23-27(32)30(21-11-17-24-13-5-2-6-14-24)29(33)31(22-12-18-25-15-7-3-8-16-25)28(23)34-26-19-9-4-10-20-26/h4,9-12,17-20,24-25H,2-3,5-8,13-16,21-22H2,1H3/b17-11+,18-12+. The summed E-state index contributed by atoms with van der Waals surface area (Å²) in [7, 11) is 0. The average Bonchev–Trinajstić information content (AvgIpc) is 2.88. The maximum atomic E-state index is 13.6. The van der Waals surface area contributed by atoms with Gasteiger partial charge in [-0.15, -0.1) is 0 Å². The third-order valence-corrected chi connectivity index (χ3v) is 8.47. The van der Waals surface area contributed by atoms with E-state index in [4.69, 9.17) is 0 Å². The molecule has 0 radical (unpaired) electrons. The maximum absolute atomic E-state index is 13.6. The summed E-state index contributed by atoms with van der Waals surface area (Å²) in [6.07, 6.45) is 21.4. The first-order valence-electron chi connectivity index (χ1n) is 13.0. The van der Waals surface area contributed by atoms with Crippen molar-refractivity contribution in [1.29, 1.82) is 0 Å². The molecule has 2 aliphatic rings. The molecule has 4 rings (SSSR count). The van der Waals surface area contributed by atoms with Crippen LogP contribution in [0.15, 0.2) is 74.1 Å². The van der Waals surface area contributed by atoms with E-state index >= 15 is 0 Å². The lowest BCUT2D eigenvalue weighted by atomic mass is 9.89. The summed E-state index contributed by atoms with van der Waals surface area (Å²) in [5, 5.41) is 0.752. The van der Waals surface area contributed by atoms with Crippen LogP contribution in [0.1, 0.15) is 69.8 Å². The van der Waals surface area contributed by atoms with Gasteiger partial charge in [-0.05, 0) is 56.6 Å². The van der Waals surface area contributed by atoms with Gasteiger partial charge in [-0.25, -0.2) is 4.79 Å². The Morgan fingerprint density at radius 3 is 1.88 bits per heavy atom. The van der Waals surface area contributed by atoms with Gasteiger partial charge in [0.2, 0.25) is 0 Å². The lowest BCUT2D eigenvalue weighted by Gasteiger charge is -2.19. The van der Waals surface area contributed by atoms with Gasteiger partial charge in [0, 0.05) is 23.5 Å². The smallest absolute Gasteiger partial charge is 0.283 e. The molecule has 182 valence electrons. The van der Waals surface area contributed by atoms with Crippen LogP contribution in [0.5, 0.6) is 0 Å². The molecule has 0 unspecified atom stereocenters. The number of nitrogens with zero attached hydrogens (tertiary/aromatic N) is 2. The normalized spacial score (nSPS) is 18.3. The first-order chi connectivity index (χ1) is 16.6. The number of hydrogen-bond acceptors (Lipinski definition) is 3. The van der Waals surface area contributed by atoms with Crippen LogP contribution in [0.2, 0.25) is 0 Å². The molecular weight excluding hydrogens is 440 g/mol. The molecule has 0 amide bonds. The van der Waals surface area contributed by atoms with Crippen molar-refractivity contribution in [1.82, 2.24) is 9.13 Å². The second kappa shape index (κ2) is 12.4. The Balaban J connectivity index is 1.62. The van der Waals surface area contributed by atoms with Crippen LogP contribution in [-0.4, -0.2) is 9.13 Å². The van der Waals surface area contributed by atoms with Crippen molar-refractivity contribution in [2.24, 2.45) is 11.8 Å². The van der Waals surface area contributed by atoms with Gasteiger partial charge < -0.3 is 0 Å². The second-order valence-electron chi connectivity index (χ2n) is 9.81. The molecule has 0 saturated heterocycles. The molecular formula is C29H38N2O2S. The third-order valence-electron chi connectivity index (χ3n) is 7.24. The molecule has 5 heteroatoms. The minimum atomic E-state index is -0.212. The molecule has 4 nitrogen and oxygen atoms in total. The van der Waals surface area contributed by atoms with Crippen molar-refractivity contribution in [2.75, 3.05) is 0 Å². The lowest BCUT2D eigenvalue weighted by molar-refractivity contribution is 0.417. The van der Waals surface area contributed by atoms with Gasteiger partial charge in [-0.2, -0.15) is 0 Å². The quantitative estimate of drug-likeness (QED) is 0.312. The molecule has 0 spiro atoms. The minimum absolute atomic E-state index is 0.177. The fourth-order valence-electron chi connectivity index (χ4n) is 5.24. The molecule has 1 aromatic heterocycles. The Bertz CT molecular complexity index is 1100. The van der Waals surface area contributed by atoms with Crippen LogP contribution in [0, 0.1) is 18.8 Å². The van der Waals surface area contributed by atoms with E-state index in [1.165, 1.54) is 80.5 Å². The van der Waals surface area contributed by atoms with Crippen LogP contribution in [0.3, 0.4) is 0 Å². The highest BCUT2D eigenvalue weighted by Crippen LogP contribution is 2.29. The summed E-state index contributed by atoms with van der Waals surface area (Å²) in [5.41, 5.74) is 0.255. The van der Waals surface area contributed by atoms with Crippen molar-refractivity contribution < 1.29 is 0 Å². The van der Waals surface area contributed by atoms with E-state index in [0.29, 0.717) is 30.5 Å². The highest BCUT2D eigenvalue weighted by atomic mass is 32.2. The van der Waals surface area contributed by atoms with Crippen molar-refractivity contribution in [2.45, 2.75) is 94.1 Å². The third kappa shape index (κ3) is 6.44. The zero-order chi connectivity index (χ0) is 23.8. The van der Waals surface area contributed by atoms with Crippen molar-refractivity contribution >= 4 is 11.8 Å². The molecule has 2 saturated carbocycles. The largest absolute Gasteiger partial charge is 0.332 e. The van der Waals surface area contributed by atoms with E-state index in [9.17, 15) is 9.59 Å². The van der Waals surface area contributed by atoms with Crippen LogP contribution in [0.25, 0.3) is 0 Å². The Morgan fingerprint density at radius 1 is 0.794 bits per heavy atom. The summed E-state index contributed by atoms with van der Waals surface area (Å²) in [6.45, 7) is 2.70. The van der Waals surface area contributed by atoms with Gasteiger partial charge in [0.25, 0.3) is 5.56 Å². The number of aromatic nitrogens is 2.